The molecular weight excluding hydrogens is 216 g/mol. The highest BCUT2D eigenvalue weighted by molar-refractivity contribution is 7.98. The van der Waals surface area contributed by atoms with Crippen molar-refractivity contribution in [2.75, 3.05) is 6.26 Å². The van der Waals surface area contributed by atoms with Gasteiger partial charge in [-0.15, -0.1) is 18.3 Å². The molecule has 0 amide bonds. The van der Waals surface area contributed by atoms with Crippen LogP contribution < -0.4 is 11.3 Å². The highest BCUT2D eigenvalue weighted by Gasteiger charge is 2.12. The summed E-state index contributed by atoms with van der Waals surface area (Å²) in [6.45, 7) is 3.73. The van der Waals surface area contributed by atoms with Crippen LogP contribution in [0.2, 0.25) is 0 Å². The van der Waals surface area contributed by atoms with E-state index in [-0.39, 0.29) is 6.04 Å². The molecule has 0 aromatic heterocycles. The minimum atomic E-state index is 0.239. The minimum absolute atomic E-state index is 0.239. The predicted octanol–water partition coefficient (Wildman–Crippen LogP) is 3.27. The molecule has 0 radical (unpaired) electrons. The third-order valence-corrected chi connectivity index (χ3v) is 3.43. The zero-order valence-corrected chi connectivity index (χ0v) is 10.6. The van der Waals surface area contributed by atoms with Crippen molar-refractivity contribution < 1.29 is 0 Å². The fourth-order valence-corrected chi connectivity index (χ4v) is 2.41. The highest BCUT2D eigenvalue weighted by atomic mass is 32.2. The van der Waals surface area contributed by atoms with Crippen LogP contribution in [0, 0.1) is 0 Å². The van der Waals surface area contributed by atoms with Crippen molar-refractivity contribution in [2.24, 2.45) is 5.84 Å². The number of allylic oxidation sites excluding steroid dienone is 1. The lowest BCUT2D eigenvalue weighted by Gasteiger charge is -2.18. The maximum atomic E-state index is 5.63. The first kappa shape index (κ1) is 13.3. The van der Waals surface area contributed by atoms with Crippen LogP contribution in [0.15, 0.2) is 41.8 Å². The second-order valence-corrected chi connectivity index (χ2v) is 4.53. The van der Waals surface area contributed by atoms with E-state index in [2.05, 4.69) is 42.5 Å². The minimum Gasteiger partial charge on any atom is -0.271 e. The molecule has 3 N–H and O–H groups in total. The molecule has 0 aliphatic heterocycles. The van der Waals surface area contributed by atoms with Crippen molar-refractivity contribution in [3.8, 4) is 0 Å². The molecule has 1 aromatic rings. The van der Waals surface area contributed by atoms with Crippen LogP contribution in [-0.4, -0.2) is 6.26 Å². The Morgan fingerprint density at radius 3 is 2.88 bits per heavy atom. The van der Waals surface area contributed by atoms with E-state index >= 15 is 0 Å². The first-order chi connectivity index (χ1) is 7.83. The summed E-state index contributed by atoms with van der Waals surface area (Å²) < 4.78 is 0. The zero-order valence-electron chi connectivity index (χ0n) is 9.78. The van der Waals surface area contributed by atoms with Gasteiger partial charge in [-0.05, 0) is 37.1 Å². The van der Waals surface area contributed by atoms with Gasteiger partial charge in [0.05, 0.1) is 0 Å². The summed E-state index contributed by atoms with van der Waals surface area (Å²) in [5.74, 6) is 5.63. The number of hydrogen-bond donors (Lipinski definition) is 2. The fourth-order valence-electron chi connectivity index (χ4n) is 1.75. The topological polar surface area (TPSA) is 38.0 Å². The van der Waals surface area contributed by atoms with E-state index in [4.69, 9.17) is 5.84 Å². The molecule has 16 heavy (non-hydrogen) atoms. The van der Waals surface area contributed by atoms with Gasteiger partial charge in [0.2, 0.25) is 0 Å². The normalized spacial score (nSPS) is 12.4. The van der Waals surface area contributed by atoms with Crippen LogP contribution in [0.5, 0.6) is 0 Å². The van der Waals surface area contributed by atoms with Crippen molar-refractivity contribution in [1.82, 2.24) is 5.43 Å². The van der Waals surface area contributed by atoms with Crippen molar-refractivity contribution >= 4 is 11.8 Å². The zero-order chi connectivity index (χ0) is 11.8. The average molecular weight is 236 g/mol. The van der Waals surface area contributed by atoms with Gasteiger partial charge in [0.15, 0.2) is 0 Å². The molecule has 0 fully saturated rings. The standard InChI is InChI=1S/C13H20N2S/c1-3-4-5-9-12(15-14)11-8-6-7-10-13(11)16-2/h3,6-8,10,12,15H,1,4-5,9,14H2,2H3. The molecule has 0 saturated carbocycles. The van der Waals surface area contributed by atoms with Crippen molar-refractivity contribution in [3.63, 3.8) is 0 Å². The quantitative estimate of drug-likeness (QED) is 0.251. The molecule has 1 rings (SSSR count). The number of benzene rings is 1. The Balaban J connectivity index is 2.73. The summed E-state index contributed by atoms with van der Waals surface area (Å²) in [6.07, 6.45) is 7.24. The Morgan fingerprint density at radius 2 is 2.25 bits per heavy atom. The molecule has 1 unspecified atom stereocenters. The van der Waals surface area contributed by atoms with Gasteiger partial charge in [-0.1, -0.05) is 24.3 Å². The second-order valence-electron chi connectivity index (χ2n) is 3.68. The first-order valence-electron chi connectivity index (χ1n) is 5.53. The molecular formula is C13H20N2S. The third kappa shape index (κ3) is 3.67. The van der Waals surface area contributed by atoms with Crippen LogP contribution in [0.3, 0.4) is 0 Å². The van der Waals surface area contributed by atoms with Gasteiger partial charge in [-0.3, -0.25) is 11.3 Å². The monoisotopic (exact) mass is 236 g/mol. The van der Waals surface area contributed by atoms with Crippen molar-refractivity contribution in [3.05, 3.63) is 42.5 Å². The Kier molecular flexibility index (Phi) is 6.23. The van der Waals surface area contributed by atoms with Gasteiger partial charge in [0, 0.05) is 10.9 Å². The Hall–Kier alpha value is -0.770. The van der Waals surface area contributed by atoms with Crippen molar-refractivity contribution in [1.29, 1.82) is 0 Å². The van der Waals surface area contributed by atoms with Gasteiger partial charge >= 0.3 is 0 Å². The van der Waals surface area contributed by atoms with E-state index in [0.717, 1.165) is 19.3 Å². The summed E-state index contributed by atoms with van der Waals surface area (Å²) >= 11 is 1.76. The number of thioether (sulfide) groups is 1. The van der Waals surface area contributed by atoms with Crippen LogP contribution in [0.1, 0.15) is 30.9 Å². The van der Waals surface area contributed by atoms with Crippen molar-refractivity contribution in [2.45, 2.75) is 30.2 Å². The number of rotatable bonds is 7. The van der Waals surface area contributed by atoms with Crippen LogP contribution >= 0.6 is 11.8 Å². The number of nitrogens with one attached hydrogen (secondary N) is 1. The molecule has 0 spiro atoms. The lowest BCUT2D eigenvalue weighted by atomic mass is 10.0. The maximum absolute atomic E-state index is 5.63. The summed E-state index contributed by atoms with van der Waals surface area (Å²) in [4.78, 5) is 1.30. The lowest BCUT2D eigenvalue weighted by molar-refractivity contribution is 0.495. The van der Waals surface area contributed by atoms with Gasteiger partial charge in [0.25, 0.3) is 0 Å². The highest BCUT2D eigenvalue weighted by Crippen LogP contribution is 2.28. The Labute approximate surface area is 102 Å². The Morgan fingerprint density at radius 1 is 1.50 bits per heavy atom. The van der Waals surface area contributed by atoms with Crippen LogP contribution in [-0.2, 0) is 0 Å². The van der Waals surface area contributed by atoms with Gasteiger partial charge < -0.3 is 0 Å². The lowest BCUT2D eigenvalue weighted by Crippen LogP contribution is -2.28. The van der Waals surface area contributed by atoms with E-state index in [9.17, 15) is 0 Å². The molecule has 2 nitrogen and oxygen atoms in total. The molecule has 3 heteroatoms. The van der Waals surface area contributed by atoms with Gasteiger partial charge in [-0.2, -0.15) is 0 Å². The summed E-state index contributed by atoms with van der Waals surface area (Å²) in [5.41, 5.74) is 4.20. The molecule has 0 aliphatic rings. The van der Waals surface area contributed by atoms with Crippen LogP contribution in [0.4, 0.5) is 0 Å². The van der Waals surface area contributed by atoms with Crippen LogP contribution in [0.25, 0.3) is 0 Å². The fraction of sp³-hybridized carbons (Fsp3) is 0.385. The van der Waals surface area contributed by atoms with E-state index in [1.54, 1.807) is 11.8 Å². The number of hydrogen-bond acceptors (Lipinski definition) is 3. The molecule has 1 atom stereocenters. The third-order valence-electron chi connectivity index (χ3n) is 2.62. The van der Waals surface area contributed by atoms with E-state index in [1.807, 2.05) is 6.08 Å². The molecule has 0 aliphatic carbocycles. The number of nitrogens with two attached hydrogens (primary N) is 1. The predicted molar refractivity (Wildman–Crippen MR) is 72.3 cm³/mol. The molecule has 1 aromatic carbocycles. The Bertz CT molecular complexity index is 325. The first-order valence-corrected chi connectivity index (χ1v) is 6.76. The summed E-state index contributed by atoms with van der Waals surface area (Å²) in [7, 11) is 0. The van der Waals surface area contributed by atoms with Gasteiger partial charge in [-0.25, -0.2) is 0 Å². The molecule has 0 saturated heterocycles. The molecule has 0 heterocycles. The molecule has 88 valence electrons. The van der Waals surface area contributed by atoms with Gasteiger partial charge in [0.1, 0.15) is 0 Å². The van der Waals surface area contributed by atoms with E-state index in [0.29, 0.717) is 0 Å². The summed E-state index contributed by atoms with van der Waals surface area (Å²) in [6, 6.07) is 8.64. The smallest absolute Gasteiger partial charge is 0.0471 e. The SMILES string of the molecule is C=CCCCC(NN)c1ccccc1SC. The molecule has 0 bridgehead atoms. The summed E-state index contributed by atoms with van der Waals surface area (Å²) in [5, 5.41) is 0. The van der Waals surface area contributed by atoms with E-state index in [1.165, 1.54) is 10.5 Å². The van der Waals surface area contributed by atoms with E-state index < -0.39 is 0 Å². The number of hydrazine groups is 1. The number of unbranched alkanes of at least 4 members (excludes halogenated alkanes) is 1. The maximum Gasteiger partial charge on any atom is 0.0471 e. The second kappa shape index (κ2) is 7.49. The average Bonchev–Trinajstić information content (AvgIpc) is 2.35. The largest absolute Gasteiger partial charge is 0.271 e.